The molecule has 1 aliphatic carbocycles. The minimum atomic E-state index is -2.56. The van der Waals surface area contributed by atoms with Gasteiger partial charge in [-0.3, -0.25) is 0 Å². The molecule has 1 aromatic carbocycles. The van der Waals surface area contributed by atoms with Crippen molar-refractivity contribution in [2.24, 2.45) is 5.92 Å². The number of rotatable bonds is 6. The summed E-state index contributed by atoms with van der Waals surface area (Å²) < 4.78 is 28.4. The van der Waals surface area contributed by atoms with E-state index < -0.39 is 12.0 Å². The molecule has 2 saturated heterocycles. The Balaban J connectivity index is 1.35. The molecular formula is C26H33F2N7O. The van der Waals surface area contributed by atoms with Crippen LogP contribution in [0.4, 0.5) is 20.5 Å². The number of nitrogens with one attached hydrogen (secondary N) is 2. The van der Waals surface area contributed by atoms with Gasteiger partial charge in [-0.25, -0.2) is 13.5 Å². The van der Waals surface area contributed by atoms with Crippen LogP contribution in [0.15, 0.2) is 30.5 Å². The molecule has 0 unspecified atom stereocenters. The van der Waals surface area contributed by atoms with E-state index in [4.69, 9.17) is 9.97 Å². The Morgan fingerprint density at radius 1 is 1.19 bits per heavy atom. The number of hydrogen-bond donors (Lipinski definition) is 3. The molecule has 36 heavy (non-hydrogen) atoms. The third-order valence-electron chi connectivity index (χ3n) is 8.28. The standard InChI is InChI=1S/C26H33F2N7O/c1-25(2,36)17-6-10-34(11-7-17)22-20-15-30-35(19-5-3-4-16(12-19)21(27)28)23(20)33-24(32-22)31-18-13-26(14-18)8-9-29-26/h3-5,12,15,17-18,21,29,36H,6-11,13-14H2,1-2H3,(H,31,32,33). The molecule has 3 aliphatic rings. The first-order valence-electron chi connectivity index (χ1n) is 12.8. The van der Waals surface area contributed by atoms with Crippen molar-refractivity contribution in [3.05, 3.63) is 36.0 Å². The van der Waals surface area contributed by atoms with Gasteiger partial charge in [-0.2, -0.15) is 15.1 Å². The number of nitrogens with zero attached hydrogens (tertiary/aromatic N) is 5. The summed E-state index contributed by atoms with van der Waals surface area (Å²) in [7, 11) is 0. The molecule has 4 heterocycles. The zero-order chi connectivity index (χ0) is 25.1. The van der Waals surface area contributed by atoms with Crippen LogP contribution in [0.25, 0.3) is 16.7 Å². The predicted octanol–water partition coefficient (Wildman–Crippen LogP) is 4.05. The number of fused-ring (bicyclic) bond motifs is 1. The highest BCUT2D eigenvalue weighted by molar-refractivity contribution is 5.89. The summed E-state index contributed by atoms with van der Waals surface area (Å²) in [6.07, 6.45) is 4.17. The van der Waals surface area contributed by atoms with Gasteiger partial charge >= 0.3 is 0 Å². The Kier molecular flexibility index (Phi) is 5.64. The molecular weight excluding hydrogens is 464 g/mol. The number of aromatic nitrogens is 4. The average molecular weight is 498 g/mol. The van der Waals surface area contributed by atoms with E-state index in [1.807, 2.05) is 13.8 Å². The maximum absolute atomic E-state index is 13.4. The van der Waals surface area contributed by atoms with Crippen molar-refractivity contribution in [3.63, 3.8) is 0 Å². The molecule has 3 fully saturated rings. The van der Waals surface area contributed by atoms with Crippen molar-refractivity contribution in [3.8, 4) is 5.69 Å². The molecule has 0 atom stereocenters. The van der Waals surface area contributed by atoms with Gasteiger partial charge in [-0.1, -0.05) is 12.1 Å². The van der Waals surface area contributed by atoms with Gasteiger partial charge in [0.2, 0.25) is 5.95 Å². The maximum atomic E-state index is 13.4. The number of halogens is 2. The molecule has 3 aromatic rings. The van der Waals surface area contributed by atoms with Crippen LogP contribution in [0.5, 0.6) is 0 Å². The maximum Gasteiger partial charge on any atom is 0.263 e. The molecule has 0 radical (unpaired) electrons. The van der Waals surface area contributed by atoms with Crippen molar-refractivity contribution in [1.82, 2.24) is 25.1 Å². The number of anilines is 2. The minimum absolute atomic E-state index is 0.0507. The normalized spacial score (nSPS) is 24.8. The van der Waals surface area contributed by atoms with E-state index in [0.29, 0.717) is 23.3 Å². The first-order chi connectivity index (χ1) is 17.2. The first-order valence-corrected chi connectivity index (χ1v) is 12.8. The average Bonchev–Trinajstić information content (AvgIpc) is 3.23. The SMILES string of the molecule is CC(C)(O)C1CCN(c2nc(NC3CC4(CCN4)C3)nc3c2cnn3-c2cccc(C(F)F)c2)CC1. The monoisotopic (exact) mass is 497 g/mol. The van der Waals surface area contributed by atoms with Gasteiger partial charge in [0.1, 0.15) is 5.82 Å². The molecule has 192 valence electrons. The van der Waals surface area contributed by atoms with Gasteiger partial charge in [0.05, 0.1) is 22.9 Å². The fourth-order valence-corrected chi connectivity index (χ4v) is 5.97. The highest BCUT2D eigenvalue weighted by Gasteiger charge is 2.48. The number of aliphatic hydroxyl groups is 1. The fourth-order valence-electron chi connectivity index (χ4n) is 5.97. The molecule has 8 nitrogen and oxygen atoms in total. The summed E-state index contributed by atoms with van der Waals surface area (Å²) in [5.74, 6) is 1.56. The van der Waals surface area contributed by atoms with Gasteiger partial charge in [-0.15, -0.1) is 0 Å². The summed E-state index contributed by atoms with van der Waals surface area (Å²) >= 11 is 0. The molecule has 2 aliphatic heterocycles. The second-order valence-electron chi connectivity index (χ2n) is 11.2. The Morgan fingerprint density at radius 3 is 2.58 bits per heavy atom. The lowest BCUT2D eigenvalue weighted by Gasteiger charge is -2.54. The predicted molar refractivity (Wildman–Crippen MR) is 135 cm³/mol. The summed E-state index contributed by atoms with van der Waals surface area (Å²) in [5, 5.41) is 22.9. The van der Waals surface area contributed by atoms with Crippen LogP contribution in [-0.4, -0.2) is 61.7 Å². The Labute approximate surface area is 209 Å². The zero-order valence-corrected chi connectivity index (χ0v) is 20.7. The smallest absolute Gasteiger partial charge is 0.263 e. The summed E-state index contributed by atoms with van der Waals surface area (Å²) in [5.41, 5.74) is 0.650. The largest absolute Gasteiger partial charge is 0.390 e. The molecule has 0 amide bonds. The van der Waals surface area contributed by atoms with Crippen LogP contribution in [0.1, 0.15) is 57.9 Å². The van der Waals surface area contributed by atoms with Crippen LogP contribution in [0.2, 0.25) is 0 Å². The van der Waals surface area contributed by atoms with Crippen molar-refractivity contribution < 1.29 is 13.9 Å². The summed E-state index contributed by atoms with van der Waals surface area (Å²) in [6.45, 7) is 6.36. The second kappa shape index (κ2) is 8.62. The highest BCUT2D eigenvalue weighted by Crippen LogP contribution is 2.41. The second-order valence-corrected chi connectivity index (χ2v) is 11.2. The van der Waals surface area contributed by atoms with E-state index in [1.54, 1.807) is 23.0 Å². The number of alkyl halides is 2. The lowest BCUT2D eigenvalue weighted by Crippen LogP contribution is -2.67. The lowest BCUT2D eigenvalue weighted by atomic mass is 9.66. The first kappa shape index (κ1) is 23.5. The van der Waals surface area contributed by atoms with E-state index in [9.17, 15) is 13.9 Å². The highest BCUT2D eigenvalue weighted by atomic mass is 19.3. The third-order valence-corrected chi connectivity index (χ3v) is 8.28. The number of benzene rings is 1. The minimum Gasteiger partial charge on any atom is -0.390 e. The Bertz CT molecular complexity index is 1250. The number of piperidine rings is 1. The Hall–Kier alpha value is -2.85. The fraction of sp³-hybridized carbons (Fsp3) is 0.577. The van der Waals surface area contributed by atoms with E-state index in [-0.39, 0.29) is 17.0 Å². The zero-order valence-electron chi connectivity index (χ0n) is 20.7. The van der Waals surface area contributed by atoms with Crippen LogP contribution >= 0.6 is 0 Å². The molecule has 2 aromatic heterocycles. The van der Waals surface area contributed by atoms with E-state index in [0.717, 1.165) is 56.5 Å². The van der Waals surface area contributed by atoms with Crippen molar-refractivity contribution in [2.75, 3.05) is 29.9 Å². The molecule has 1 saturated carbocycles. The van der Waals surface area contributed by atoms with Gasteiger partial charge in [0.15, 0.2) is 5.65 Å². The molecule has 10 heteroatoms. The topological polar surface area (TPSA) is 91.1 Å². The molecule has 3 N–H and O–H groups in total. The summed E-state index contributed by atoms with van der Waals surface area (Å²) in [6, 6.07) is 6.55. The van der Waals surface area contributed by atoms with Gasteiger partial charge in [0.25, 0.3) is 6.43 Å². The molecule has 0 bridgehead atoms. The van der Waals surface area contributed by atoms with Crippen LogP contribution in [0, 0.1) is 5.92 Å². The van der Waals surface area contributed by atoms with Crippen molar-refractivity contribution in [1.29, 1.82) is 0 Å². The van der Waals surface area contributed by atoms with E-state index >= 15 is 0 Å². The third kappa shape index (κ3) is 4.20. The van der Waals surface area contributed by atoms with Crippen LogP contribution in [-0.2, 0) is 0 Å². The van der Waals surface area contributed by atoms with Gasteiger partial charge in [-0.05, 0) is 70.5 Å². The lowest BCUT2D eigenvalue weighted by molar-refractivity contribution is 0.00647. The van der Waals surface area contributed by atoms with Gasteiger partial charge in [0, 0.05) is 30.2 Å². The molecule has 6 rings (SSSR count). The van der Waals surface area contributed by atoms with Crippen LogP contribution < -0.4 is 15.5 Å². The summed E-state index contributed by atoms with van der Waals surface area (Å²) in [4.78, 5) is 12.0. The molecule has 1 spiro atoms. The van der Waals surface area contributed by atoms with E-state index in [1.165, 1.54) is 18.6 Å². The van der Waals surface area contributed by atoms with Crippen LogP contribution in [0.3, 0.4) is 0 Å². The van der Waals surface area contributed by atoms with E-state index in [2.05, 4.69) is 20.6 Å². The van der Waals surface area contributed by atoms with Crippen molar-refractivity contribution >= 4 is 22.8 Å². The van der Waals surface area contributed by atoms with Gasteiger partial charge < -0.3 is 20.6 Å². The number of hydrogen-bond acceptors (Lipinski definition) is 7. The van der Waals surface area contributed by atoms with Crippen molar-refractivity contribution in [2.45, 2.75) is 69.6 Å². The quantitative estimate of drug-likeness (QED) is 0.473. The Morgan fingerprint density at radius 2 is 1.94 bits per heavy atom.